The highest BCUT2D eigenvalue weighted by atomic mass is 35.5. The Kier molecular flexibility index (Phi) is 7.58. The minimum atomic E-state index is -0.492. The van der Waals surface area contributed by atoms with E-state index >= 15 is 0 Å². The van der Waals surface area contributed by atoms with Crippen molar-refractivity contribution in [3.8, 4) is 0 Å². The van der Waals surface area contributed by atoms with Gasteiger partial charge in [0.25, 0.3) is 0 Å². The third-order valence-corrected chi connectivity index (χ3v) is 4.92. The summed E-state index contributed by atoms with van der Waals surface area (Å²) in [7, 11) is 0. The number of carbonyl (C=O) groups is 2. The number of hydrogen-bond donors (Lipinski definition) is 4. The third-order valence-electron chi connectivity index (χ3n) is 4.40. The first-order chi connectivity index (χ1) is 14.4. The first kappa shape index (κ1) is 22.0. The number of carbonyl (C=O) groups excluding carboxylic acids is 2. The monoisotopic (exact) mass is 447 g/mol. The fraction of sp³-hybridized carbons (Fsp3) is 0.250. The van der Waals surface area contributed by atoms with Gasteiger partial charge in [0, 0.05) is 30.0 Å². The zero-order valence-electron chi connectivity index (χ0n) is 16.1. The van der Waals surface area contributed by atoms with E-state index in [1.165, 1.54) is 0 Å². The largest absolute Gasteiger partial charge is 0.379 e. The molecule has 2 aromatic carbocycles. The molecule has 1 saturated heterocycles. The highest BCUT2D eigenvalue weighted by molar-refractivity contribution is 7.80. The van der Waals surface area contributed by atoms with E-state index in [1.807, 2.05) is 4.90 Å². The molecule has 1 fully saturated rings. The number of anilines is 3. The SMILES string of the molecule is NC(=O)c1ccc(NC(=S)Nc2ccc(NC(=O)CN3CCOCC3)c(Cl)c2)cc1. The van der Waals surface area contributed by atoms with E-state index in [2.05, 4.69) is 16.0 Å². The minimum Gasteiger partial charge on any atom is -0.379 e. The lowest BCUT2D eigenvalue weighted by Gasteiger charge is -2.25. The number of thiocarbonyl (C=S) groups is 1. The predicted octanol–water partition coefficient (Wildman–Crippen LogP) is 2.52. The number of nitrogens with two attached hydrogens (primary N) is 1. The second-order valence-corrected chi connectivity index (χ2v) is 7.47. The molecule has 0 unspecified atom stereocenters. The number of amides is 2. The Balaban J connectivity index is 1.53. The normalized spacial score (nSPS) is 14.0. The van der Waals surface area contributed by atoms with Crippen LogP contribution in [0.5, 0.6) is 0 Å². The summed E-state index contributed by atoms with van der Waals surface area (Å²) >= 11 is 11.6. The standard InChI is InChI=1S/C20H22ClN5O3S/c21-16-11-15(24-20(30)23-14-3-1-13(2-4-14)19(22)28)5-6-17(16)25-18(27)12-26-7-9-29-10-8-26/h1-6,11H,7-10,12H2,(H2,22,28)(H,25,27)(H2,23,24,30). The molecular formula is C20H22ClN5O3S. The summed E-state index contributed by atoms with van der Waals surface area (Å²) < 4.78 is 5.28. The summed E-state index contributed by atoms with van der Waals surface area (Å²) in [6.45, 7) is 3.04. The summed E-state index contributed by atoms with van der Waals surface area (Å²) in [5.74, 6) is -0.620. The van der Waals surface area contributed by atoms with Crippen molar-refractivity contribution in [3.05, 3.63) is 53.1 Å². The third kappa shape index (κ3) is 6.39. The molecule has 3 rings (SSSR count). The average molecular weight is 448 g/mol. The van der Waals surface area contributed by atoms with Gasteiger partial charge in [0.2, 0.25) is 11.8 Å². The first-order valence-corrected chi connectivity index (χ1v) is 10.1. The van der Waals surface area contributed by atoms with Crippen LogP contribution in [0.15, 0.2) is 42.5 Å². The number of primary amides is 1. The van der Waals surface area contributed by atoms with E-state index in [0.717, 1.165) is 13.1 Å². The van der Waals surface area contributed by atoms with Crippen molar-refractivity contribution >= 4 is 57.8 Å². The number of nitrogens with one attached hydrogen (secondary N) is 3. The number of nitrogens with zero attached hydrogens (tertiary/aromatic N) is 1. The Hall–Kier alpha value is -2.72. The van der Waals surface area contributed by atoms with Crippen LogP contribution in [-0.4, -0.2) is 54.7 Å². The molecule has 0 aromatic heterocycles. The van der Waals surface area contributed by atoms with Gasteiger partial charge < -0.3 is 26.4 Å². The summed E-state index contributed by atoms with van der Waals surface area (Å²) in [5.41, 5.74) is 7.54. The molecule has 1 aliphatic heterocycles. The molecule has 0 atom stereocenters. The van der Waals surface area contributed by atoms with E-state index < -0.39 is 5.91 Å². The molecule has 10 heteroatoms. The highest BCUT2D eigenvalue weighted by Gasteiger charge is 2.15. The number of halogens is 1. The Bertz CT molecular complexity index is 933. The second kappa shape index (κ2) is 10.4. The van der Waals surface area contributed by atoms with Crippen LogP contribution in [0.2, 0.25) is 5.02 Å². The molecular weight excluding hydrogens is 426 g/mol. The quantitative estimate of drug-likeness (QED) is 0.504. The van der Waals surface area contributed by atoms with Gasteiger partial charge in [-0.1, -0.05) is 11.6 Å². The van der Waals surface area contributed by atoms with Gasteiger partial charge in [0.1, 0.15) is 0 Å². The zero-order valence-corrected chi connectivity index (χ0v) is 17.7. The summed E-state index contributed by atoms with van der Waals surface area (Å²) in [6.07, 6.45) is 0. The Labute approximate surface area is 184 Å². The highest BCUT2D eigenvalue weighted by Crippen LogP contribution is 2.25. The molecule has 2 amide bonds. The number of rotatable bonds is 6. The van der Waals surface area contributed by atoms with Crippen LogP contribution in [0, 0.1) is 0 Å². The van der Waals surface area contributed by atoms with Gasteiger partial charge in [-0.25, -0.2) is 0 Å². The maximum absolute atomic E-state index is 12.2. The predicted molar refractivity (Wildman–Crippen MR) is 122 cm³/mol. The molecule has 0 spiro atoms. The van der Waals surface area contributed by atoms with Gasteiger partial charge in [0.15, 0.2) is 5.11 Å². The van der Waals surface area contributed by atoms with Crippen molar-refractivity contribution in [2.75, 3.05) is 48.8 Å². The van der Waals surface area contributed by atoms with Crippen LogP contribution in [0.3, 0.4) is 0 Å². The molecule has 0 aliphatic carbocycles. The van der Waals surface area contributed by atoms with Crippen molar-refractivity contribution in [2.24, 2.45) is 5.73 Å². The van der Waals surface area contributed by atoms with Crippen molar-refractivity contribution in [1.29, 1.82) is 0 Å². The van der Waals surface area contributed by atoms with Crippen LogP contribution < -0.4 is 21.7 Å². The molecule has 0 bridgehead atoms. The number of ether oxygens (including phenoxy) is 1. The second-order valence-electron chi connectivity index (χ2n) is 6.65. The smallest absolute Gasteiger partial charge is 0.248 e. The van der Waals surface area contributed by atoms with Gasteiger partial charge in [-0.05, 0) is 54.7 Å². The number of hydrogen-bond acceptors (Lipinski definition) is 5. The number of morpholine rings is 1. The van der Waals surface area contributed by atoms with E-state index in [4.69, 9.17) is 34.3 Å². The summed E-state index contributed by atoms with van der Waals surface area (Å²) in [4.78, 5) is 25.4. The molecule has 158 valence electrons. The van der Waals surface area contributed by atoms with Gasteiger partial charge in [-0.3, -0.25) is 14.5 Å². The molecule has 5 N–H and O–H groups in total. The van der Waals surface area contributed by atoms with Crippen LogP contribution in [-0.2, 0) is 9.53 Å². The van der Waals surface area contributed by atoms with Crippen molar-refractivity contribution in [2.45, 2.75) is 0 Å². The lowest BCUT2D eigenvalue weighted by molar-refractivity contribution is -0.118. The molecule has 1 aliphatic rings. The summed E-state index contributed by atoms with van der Waals surface area (Å²) in [5, 5.41) is 9.60. The van der Waals surface area contributed by atoms with Crippen molar-refractivity contribution in [3.63, 3.8) is 0 Å². The Morgan fingerprint density at radius 1 is 1.03 bits per heavy atom. The summed E-state index contributed by atoms with van der Waals surface area (Å²) in [6, 6.07) is 11.8. The van der Waals surface area contributed by atoms with Crippen molar-refractivity contribution < 1.29 is 14.3 Å². The molecule has 2 aromatic rings. The maximum atomic E-state index is 12.2. The van der Waals surface area contributed by atoms with Crippen LogP contribution in [0.4, 0.5) is 17.1 Å². The molecule has 0 saturated carbocycles. The number of benzene rings is 2. The van der Waals surface area contributed by atoms with Crippen LogP contribution >= 0.6 is 23.8 Å². The van der Waals surface area contributed by atoms with E-state index in [-0.39, 0.29) is 5.91 Å². The topological polar surface area (TPSA) is 109 Å². The van der Waals surface area contributed by atoms with E-state index in [9.17, 15) is 9.59 Å². The van der Waals surface area contributed by atoms with E-state index in [0.29, 0.717) is 52.5 Å². The molecule has 0 radical (unpaired) electrons. The van der Waals surface area contributed by atoms with Gasteiger partial charge >= 0.3 is 0 Å². The van der Waals surface area contributed by atoms with Gasteiger partial charge in [0.05, 0.1) is 30.5 Å². The first-order valence-electron chi connectivity index (χ1n) is 9.28. The van der Waals surface area contributed by atoms with Gasteiger partial charge in [-0.15, -0.1) is 0 Å². The minimum absolute atomic E-state index is 0.129. The molecule has 8 nitrogen and oxygen atoms in total. The van der Waals surface area contributed by atoms with E-state index in [1.54, 1.807) is 42.5 Å². The zero-order chi connectivity index (χ0) is 21.5. The molecule has 30 heavy (non-hydrogen) atoms. The average Bonchev–Trinajstić information content (AvgIpc) is 2.71. The van der Waals surface area contributed by atoms with Crippen LogP contribution in [0.1, 0.15) is 10.4 Å². The lowest BCUT2D eigenvalue weighted by atomic mass is 10.2. The maximum Gasteiger partial charge on any atom is 0.248 e. The van der Waals surface area contributed by atoms with Crippen LogP contribution in [0.25, 0.3) is 0 Å². The Morgan fingerprint density at radius 3 is 2.30 bits per heavy atom. The fourth-order valence-electron chi connectivity index (χ4n) is 2.86. The van der Waals surface area contributed by atoms with Crippen molar-refractivity contribution in [1.82, 2.24) is 4.90 Å². The Morgan fingerprint density at radius 2 is 1.67 bits per heavy atom. The van der Waals surface area contributed by atoms with Gasteiger partial charge in [-0.2, -0.15) is 0 Å². The lowest BCUT2D eigenvalue weighted by Crippen LogP contribution is -2.41. The fourth-order valence-corrected chi connectivity index (χ4v) is 3.32. The molecule has 1 heterocycles.